The summed E-state index contributed by atoms with van der Waals surface area (Å²) in [5, 5.41) is 0. The molecular formula is C18H28Br2N2. The molecule has 0 amide bonds. The molecule has 2 nitrogen and oxygen atoms in total. The molecule has 3 aliphatic rings. The lowest BCUT2D eigenvalue weighted by atomic mass is 9.81. The number of nitrogens with zero attached hydrogens (tertiary/aromatic N) is 2. The van der Waals surface area contributed by atoms with Gasteiger partial charge >= 0.3 is 0 Å². The Morgan fingerprint density at radius 3 is 2.41 bits per heavy atom. The first kappa shape index (κ1) is 17.0. The van der Waals surface area contributed by atoms with Crippen LogP contribution in [-0.4, -0.2) is 40.9 Å². The van der Waals surface area contributed by atoms with Gasteiger partial charge < -0.3 is 4.90 Å². The van der Waals surface area contributed by atoms with Gasteiger partial charge in [-0.15, -0.1) is 0 Å². The van der Waals surface area contributed by atoms with Crippen LogP contribution in [0.1, 0.15) is 44.9 Å². The van der Waals surface area contributed by atoms with Crippen molar-refractivity contribution in [2.24, 2.45) is 11.8 Å². The molecule has 1 atom stereocenters. The highest BCUT2D eigenvalue weighted by molar-refractivity contribution is 9.11. The second-order valence-corrected chi connectivity index (χ2v) is 9.00. The zero-order valence-corrected chi connectivity index (χ0v) is 16.6. The lowest BCUT2D eigenvalue weighted by Gasteiger charge is -2.38. The first-order valence-corrected chi connectivity index (χ1v) is 10.6. The summed E-state index contributed by atoms with van der Waals surface area (Å²) in [5.74, 6) is 1.81. The van der Waals surface area contributed by atoms with Crippen LogP contribution < -0.4 is 0 Å². The van der Waals surface area contributed by atoms with E-state index in [4.69, 9.17) is 0 Å². The van der Waals surface area contributed by atoms with Gasteiger partial charge in [0.1, 0.15) is 0 Å². The molecule has 1 saturated heterocycles. The van der Waals surface area contributed by atoms with Crippen LogP contribution in [0.3, 0.4) is 0 Å². The highest BCUT2D eigenvalue weighted by Crippen LogP contribution is 2.33. The van der Waals surface area contributed by atoms with Gasteiger partial charge in [-0.3, -0.25) is 4.90 Å². The van der Waals surface area contributed by atoms with Crippen LogP contribution in [-0.2, 0) is 0 Å². The number of halogens is 2. The number of piperidine rings is 1. The molecule has 0 aromatic carbocycles. The van der Waals surface area contributed by atoms with Crippen LogP contribution in [0.4, 0.5) is 0 Å². The molecule has 2 heterocycles. The molecule has 0 aromatic heterocycles. The highest BCUT2D eigenvalue weighted by atomic mass is 79.9. The van der Waals surface area contributed by atoms with E-state index in [0.29, 0.717) is 4.95 Å². The van der Waals surface area contributed by atoms with Crippen molar-refractivity contribution < 1.29 is 0 Å². The summed E-state index contributed by atoms with van der Waals surface area (Å²) in [5.41, 5.74) is 0. The summed E-state index contributed by atoms with van der Waals surface area (Å²) in [7, 11) is 0. The van der Waals surface area contributed by atoms with E-state index in [0.717, 1.165) is 18.4 Å². The van der Waals surface area contributed by atoms with Crippen LogP contribution in [0.2, 0.25) is 0 Å². The number of hydrogen-bond acceptors (Lipinski definition) is 2. The quantitative estimate of drug-likeness (QED) is 0.450. The number of hydrogen-bond donors (Lipinski definition) is 0. The van der Waals surface area contributed by atoms with Crippen LogP contribution in [0.15, 0.2) is 22.8 Å². The van der Waals surface area contributed by atoms with Crippen molar-refractivity contribution in [2.75, 3.05) is 26.2 Å². The molecule has 3 rings (SSSR count). The molecule has 0 spiro atoms. The molecule has 0 bridgehead atoms. The van der Waals surface area contributed by atoms with Crippen LogP contribution in [0.25, 0.3) is 0 Å². The van der Waals surface area contributed by atoms with Gasteiger partial charge in [0.2, 0.25) is 0 Å². The average molecular weight is 432 g/mol. The van der Waals surface area contributed by atoms with Gasteiger partial charge in [-0.05, 0) is 85.3 Å². The van der Waals surface area contributed by atoms with Crippen molar-refractivity contribution in [2.45, 2.75) is 49.9 Å². The van der Waals surface area contributed by atoms with Gasteiger partial charge in [0, 0.05) is 19.6 Å². The molecule has 1 aliphatic carbocycles. The number of rotatable bonds is 4. The molecule has 124 valence electrons. The van der Waals surface area contributed by atoms with E-state index >= 15 is 0 Å². The maximum Gasteiger partial charge on any atom is 0.0808 e. The SMILES string of the molecule is BrC1=CC=CCN1CC1CCC(CN2CCCCC2Br)CC1. The predicted molar refractivity (Wildman–Crippen MR) is 101 cm³/mol. The maximum atomic E-state index is 3.87. The second-order valence-electron chi connectivity index (χ2n) is 7.13. The summed E-state index contributed by atoms with van der Waals surface area (Å²) < 4.78 is 1.26. The Kier molecular flexibility index (Phi) is 6.46. The Bertz CT molecular complexity index is 413. The third-order valence-electron chi connectivity index (χ3n) is 5.47. The minimum Gasteiger partial charge on any atom is -0.362 e. The maximum absolute atomic E-state index is 3.87. The summed E-state index contributed by atoms with van der Waals surface area (Å²) in [6, 6.07) is 0. The lowest BCUT2D eigenvalue weighted by molar-refractivity contribution is 0.141. The molecule has 22 heavy (non-hydrogen) atoms. The Balaban J connectivity index is 1.40. The number of likely N-dealkylation sites (tertiary alicyclic amines) is 1. The van der Waals surface area contributed by atoms with Gasteiger partial charge in [-0.2, -0.15) is 0 Å². The van der Waals surface area contributed by atoms with Gasteiger partial charge in [0.15, 0.2) is 0 Å². The summed E-state index contributed by atoms with van der Waals surface area (Å²) in [6.45, 7) is 4.90. The van der Waals surface area contributed by atoms with E-state index < -0.39 is 0 Å². The Morgan fingerprint density at radius 2 is 1.73 bits per heavy atom. The zero-order valence-electron chi connectivity index (χ0n) is 13.4. The lowest BCUT2D eigenvalue weighted by Crippen LogP contribution is -2.40. The van der Waals surface area contributed by atoms with Crippen LogP contribution >= 0.6 is 31.9 Å². The molecule has 1 saturated carbocycles. The third kappa shape index (κ3) is 4.61. The van der Waals surface area contributed by atoms with Gasteiger partial charge in [0.05, 0.1) is 9.56 Å². The standard InChI is InChI=1S/C18H28Br2N2/c19-17-5-1-3-11-21(17)13-15-7-9-16(10-8-15)14-22-12-4-2-6-18(22)20/h1,3,5,15-16,18H,2,4,6-14H2. The first-order valence-electron chi connectivity index (χ1n) is 8.88. The molecule has 2 aliphatic heterocycles. The first-order chi connectivity index (χ1) is 10.7. The fraction of sp³-hybridized carbons (Fsp3) is 0.778. The monoisotopic (exact) mass is 430 g/mol. The van der Waals surface area contributed by atoms with E-state index in [9.17, 15) is 0 Å². The summed E-state index contributed by atoms with van der Waals surface area (Å²) >= 11 is 7.56. The fourth-order valence-electron chi connectivity index (χ4n) is 4.09. The molecule has 1 unspecified atom stereocenters. The molecule has 2 fully saturated rings. The molecule has 0 N–H and O–H groups in total. The smallest absolute Gasteiger partial charge is 0.0808 e. The average Bonchev–Trinajstić information content (AvgIpc) is 2.54. The minimum atomic E-state index is 0.639. The van der Waals surface area contributed by atoms with E-state index in [-0.39, 0.29) is 0 Å². The van der Waals surface area contributed by atoms with Crippen molar-refractivity contribution >= 4 is 31.9 Å². The van der Waals surface area contributed by atoms with E-state index in [2.05, 4.69) is 59.9 Å². The van der Waals surface area contributed by atoms with E-state index in [1.54, 1.807) is 0 Å². The van der Waals surface area contributed by atoms with Crippen LogP contribution in [0, 0.1) is 11.8 Å². The number of allylic oxidation sites excluding steroid dienone is 2. The molecule has 0 aromatic rings. The van der Waals surface area contributed by atoms with Crippen molar-refractivity contribution in [1.82, 2.24) is 9.80 Å². The van der Waals surface area contributed by atoms with Crippen molar-refractivity contribution in [3.8, 4) is 0 Å². The normalized spacial score (nSPS) is 33.8. The largest absolute Gasteiger partial charge is 0.362 e. The number of alkyl halides is 1. The minimum absolute atomic E-state index is 0.639. The van der Waals surface area contributed by atoms with Crippen molar-refractivity contribution in [1.29, 1.82) is 0 Å². The fourth-order valence-corrected chi connectivity index (χ4v) is 5.22. The van der Waals surface area contributed by atoms with Crippen molar-refractivity contribution in [3.63, 3.8) is 0 Å². The highest BCUT2D eigenvalue weighted by Gasteiger charge is 2.27. The van der Waals surface area contributed by atoms with Gasteiger partial charge in [0.25, 0.3) is 0 Å². The zero-order chi connectivity index (χ0) is 15.4. The summed E-state index contributed by atoms with van der Waals surface area (Å²) in [4.78, 5) is 5.80. The van der Waals surface area contributed by atoms with Crippen molar-refractivity contribution in [3.05, 3.63) is 22.8 Å². The Morgan fingerprint density at radius 1 is 1.00 bits per heavy atom. The molecular weight excluding hydrogens is 404 g/mol. The van der Waals surface area contributed by atoms with Gasteiger partial charge in [-0.25, -0.2) is 0 Å². The van der Waals surface area contributed by atoms with E-state index in [1.165, 1.54) is 69.2 Å². The van der Waals surface area contributed by atoms with Gasteiger partial charge in [-0.1, -0.05) is 28.1 Å². The predicted octanol–water partition coefficient (Wildman–Crippen LogP) is 5.11. The van der Waals surface area contributed by atoms with Crippen LogP contribution in [0.5, 0.6) is 0 Å². The topological polar surface area (TPSA) is 6.48 Å². The third-order valence-corrected chi connectivity index (χ3v) is 7.27. The molecule has 0 radical (unpaired) electrons. The summed E-state index contributed by atoms with van der Waals surface area (Å²) in [6.07, 6.45) is 16.3. The second kappa shape index (κ2) is 8.34. The Labute approximate surface area is 152 Å². The van der Waals surface area contributed by atoms with E-state index in [1.807, 2.05) is 0 Å². The molecule has 4 heteroatoms. The Hall–Kier alpha value is 0.200.